The first kappa shape index (κ1) is 151. The molecule has 0 spiro atoms. The van der Waals surface area contributed by atoms with Gasteiger partial charge in [-0.2, -0.15) is 0 Å². The number of carboxylic acid groups (broad SMARTS) is 6. The zero-order valence-corrected chi connectivity index (χ0v) is 23.4. The third kappa shape index (κ3) is 27.2. The molecule has 0 unspecified atom stereocenters. The molecule has 0 saturated carbocycles. The summed E-state index contributed by atoms with van der Waals surface area (Å²) in [7, 11) is 0. The van der Waals surface area contributed by atoms with Crippen LogP contribution < -0.4 is 30.6 Å². The summed E-state index contributed by atoms with van der Waals surface area (Å²) in [6.45, 7) is 0. The topological polar surface area (TPSA) is 808 Å². The van der Waals surface area contributed by atoms with Crippen molar-refractivity contribution in [1.29, 1.82) is 0 Å². The average Bonchev–Trinajstić information content (AvgIpc) is 2.42. The van der Waals surface area contributed by atoms with Crippen molar-refractivity contribution in [3.05, 3.63) is 33.4 Å². The number of carbonyl (C=O) groups excluding carboxylic acids is 6. The number of hydrogen-bond donors (Lipinski definition) is 0. The van der Waals surface area contributed by atoms with E-state index in [1.54, 1.807) is 0 Å². The zero-order chi connectivity index (χ0) is 18.9. The van der Waals surface area contributed by atoms with Crippen LogP contribution >= 0.6 is 0 Å². The monoisotopic (exact) mass is 714 g/mol. The number of hydrogen-bond acceptors (Lipinski definition) is 12. The van der Waals surface area contributed by atoms with E-state index in [9.17, 15) is 59.4 Å². The summed E-state index contributed by atoms with van der Waals surface area (Å²) in [5.74, 6) is -16.0. The van der Waals surface area contributed by atoms with Crippen molar-refractivity contribution in [2.75, 3.05) is 0 Å². The molecule has 0 aromatic heterocycles. The SMILES string of the molecule is O.O.O.O.O.O.O.O.O.O.O.O.O.O.O.O.O.O.O=C([O-])c1c(C(=O)[O-])c(C(=O)[O-])c(C(=O)[O-])c(C(=O)[O-])c1C(=O)[O-].[Al+3].[Al+3]. The van der Waals surface area contributed by atoms with E-state index in [2.05, 4.69) is 0 Å². The molecule has 44 heavy (non-hydrogen) atoms. The van der Waals surface area contributed by atoms with Crippen molar-refractivity contribution in [3.63, 3.8) is 0 Å². The van der Waals surface area contributed by atoms with Gasteiger partial charge in [-0.1, -0.05) is 0 Å². The quantitative estimate of drug-likeness (QED) is 0.248. The van der Waals surface area contributed by atoms with Crippen LogP contribution in [-0.2, 0) is 0 Å². The van der Waals surface area contributed by atoms with Gasteiger partial charge >= 0.3 is 34.7 Å². The van der Waals surface area contributed by atoms with Crippen molar-refractivity contribution in [1.82, 2.24) is 0 Å². The van der Waals surface area contributed by atoms with Crippen molar-refractivity contribution in [3.8, 4) is 0 Å². The maximum Gasteiger partial charge on any atom is 3.00 e. The summed E-state index contributed by atoms with van der Waals surface area (Å²) in [5, 5.41) is 66.0. The van der Waals surface area contributed by atoms with Crippen LogP contribution in [0.1, 0.15) is 62.1 Å². The predicted octanol–water partition coefficient (Wildman–Crippen LogP) is -23.7. The van der Waals surface area contributed by atoms with Crippen LogP contribution in [0.15, 0.2) is 0 Å². The third-order valence-electron chi connectivity index (χ3n) is 2.72. The van der Waals surface area contributed by atoms with Crippen molar-refractivity contribution in [2.45, 2.75) is 0 Å². The van der Waals surface area contributed by atoms with Gasteiger partial charge in [-0.15, -0.1) is 0 Å². The van der Waals surface area contributed by atoms with E-state index >= 15 is 0 Å². The van der Waals surface area contributed by atoms with Gasteiger partial charge in [0, 0.05) is 33.4 Å². The Morgan fingerprint density at radius 1 is 0.227 bits per heavy atom. The Balaban J connectivity index is -0.0000000160. The van der Waals surface area contributed by atoms with Gasteiger partial charge in [-0.25, -0.2) is 0 Å². The second kappa shape index (κ2) is 55.3. The van der Waals surface area contributed by atoms with Gasteiger partial charge in [0.1, 0.15) is 0 Å². The van der Waals surface area contributed by atoms with Gasteiger partial charge in [-0.3, -0.25) is 0 Å². The molecule has 0 saturated heterocycles. The molecule has 270 valence electrons. The maximum absolute atomic E-state index is 11.0. The first-order valence-electron chi connectivity index (χ1n) is 5.45. The van der Waals surface area contributed by atoms with Crippen molar-refractivity contribution >= 4 is 70.5 Å². The predicted molar refractivity (Wildman–Crippen MR) is 129 cm³/mol. The minimum absolute atomic E-state index is 0. The molecule has 0 aliphatic carbocycles. The molecule has 0 aliphatic rings. The Morgan fingerprint density at radius 2 is 0.273 bits per heavy atom. The Bertz CT molecular complexity index is 657. The van der Waals surface area contributed by atoms with E-state index in [0.29, 0.717) is 0 Å². The zero-order valence-electron chi connectivity index (χ0n) is 21.1. The molecular formula is C12H36Al2O30. The summed E-state index contributed by atoms with van der Waals surface area (Å²) < 4.78 is 0. The molecule has 30 nitrogen and oxygen atoms in total. The molecule has 1 aromatic carbocycles. The molecule has 36 N–H and O–H groups in total. The van der Waals surface area contributed by atoms with E-state index < -0.39 is 69.2 Å². The molecule has 0 atom stereocenters. The number of rotatable bonds is 6. The van der Waals surface area contributed by atoms with Crippen LogP contribution in [-0.4, -0.2) is 169 Å². The van der Waals surface area contributed by atoms with Crippen LogP contribution in [0.2, 0.25) is 0 Å². The second-order valence-electron chi connectivity index (χ2n) is 3.97. The molecule has 1 aromatic rings. The minimum atomic E-state index is -2.66. The second-order valence-corrected chi connectivity index (χ2v) is 3.97. The minimum Gasteiger partial charge on any atom is -0.545 e. The molecule has 0 heterocycles. The Morgan fingerprint density at radius 3 is 0.295 bits per heavy atom. The Kier molecular flexibility index (Phi) is 190. The fraction of sp³-hybridized carbons (Fsp3) is 0. The van der Waals surface area contributed by atoms with E-state index in [4.69, 9.17) is 0 Å². The molecule has 0 amide bonds. The van der Waals surface area contributed by atoms with Gasteiger partial charge < -0.3 is 158 Å². The first-order valence-corrected chi connectivity index (χ1v) is 5.45. The van der Waals surface area contributed by atoms with Crippen LogP contribution in [0.4, 0.5) is 0 Å². The first-order chi connectivity index (χ1) is 10.9. The molecule has 1 rings (SSSR count). The fourth-order valence-corrected chi connectivity index (χ4v) is 1.97. The standard InChI is InChI=1S/C12H6O12.2Al.18H2O/c13-7(14)1-2(8(15)16)4(10(19)20)6(12(23)24)5(11(21)22)3(1)9(17)18;;;;;;;;;;;;;;;;;;;;/h(H,13,14)(H,15,16)(H,17,18)(H,19,20)(H,21,22)(H,23,24);;;18*1H2/q;2*+3;;;;;;;;;;;;;;;;;;/p-6. The van der Waals surface area contributed by atoms with Gasteiger partial charge in [0.15, 0.2) is 0 Å². The smallest absolute Gasteiger partial charge is 0.545 e. The van der Waals surface area contributed by atoms with Crippen molar-refractivity contribution in [2.24, 2.45) is 0 Å². The van der Waals surface area contributed by atoms with E-state index in [1.165, 1.54) is 0 Å². The van der Waals surface area contributed by atoms with Crippen LogP contribution in [0.5, 0.6) is 0 Å². The Hall–Kier alpha value is -3.62. The normalized spacial score (nSPS) is 5.45. The number of benzene rings is 1. The fourth-order valence-electron chi connectivity index (χ4n) is 1.97. The number of carboxylic acids is 6. The van der Waals surface area contributed by atoms with E-state index in [1.807, 2.05) is 0 Å². The maximum atomic E-state index is 11.0. The summed E-state index contributed by atoms with van der Waals surface area (Å²) in [4.78, 5) is 66.0. The third-order valence-corrected chi connectivity index (χ3v) is 2.72. The summed E-state index contributed by atoms with van der Waals surface area (Å²) in [5.41, 5.74) is -12.0. The van der Waals surface area contributed by atoms with Gasteiger partial charge in [0.25, 0.3) is 0 Å². The summed E-state index contributed by atoms with van der Waals surface area (Å²) in [6, 6.07) is 0. The molecular weight excluding hydrogens is 678 g/mol. The molecule has 0 radical (unpaired) electrons. The average molecular weight is 714 g/mol. The molecule has 0 bridgehead atoms. The van der Waals surface area contributed by atoms with Gasteiger partial charge in [0.05, 0.1) is 35.8 Å². The van der Waals surface area contributed by atoms with E-state index in [0.717, 1.165) is 0 Å². The van der Waals surface area contributed by atoms with Crippen LogP contribution in [0.3, 0.4) is 0 Å². The Labute approximate surface area is 262 Å². The van der Waals surface area contributed by atoms with E-state index in [-0.39, 0.29) is 133 Å². The van der Waals surface area contributed by atoms with Gasteiger partial charge in [-0.05, 0) is 0 Å². The molecule has 0 fully saturated rings. The van der Waals surface area contributed by atoms with Gasteiger partial charge in [0.2, 0.25) is 0 Å². The number of carbonyl (C=O) groups is 6. The summed E-state index contributed by atoms with van der Waals surface area (Å²) in [6.07, 6.45) is 0. The number of aromatic carboxylic acids is 6. The van der Waals surface area contributed by atoms with Crippen molar-refractivity contribution < 1.29 is 158 Å². The van der Waals surface area contributed by atoms with Crippen LogP contribution in [0, 0.1) is 0 Å². The summed E-state index contributed by atoms with van der Waals surface area (Å²) >= 11 is 0. The largest absolute Gasteiger partial charge is 3.00 e. The van der Waals surface area contributed by atoms with Crippen LogP contribution in [0.25, 0.3) is 0 Å². The molecule has 0 aliphatic heterocycles. The molecule has 32 heteroatoms.